The van der Waals surface area contributed by atoms with Crippen LogP contribution < -0.4 is 16.4 Å². The SMILES string of the molecule is CC1CCN(c2ccc(CN)cc2N)C1. The van der Waals surface area contributed by atoms with E-state index in [0.29, 0.717) is 6.54 Å². The lowest BCUT2D eigenvalue weighted by atomic mass is 10.1. The van der Waals surface area contributed by atoms with E-state index in [0.717, 1.165) is 35.9 Å². The summed E-state index contributed by atoms with van der Waals surface area (Å²) in [6.45, 7) is 5.07. The van der Waals surface area contributed by atoms with Crippen molar-refractivity contribution in [1.82, 2.24) is 0 Å². The van der Waals surface area contributed by atoms with Crippen LogP contribution in [0.25, 0.3) is 0 Å². The molecular formula is C12H19N3. The maximum atomic E-state index is 6.02. The molecule has 0 spiro atoms. The van der Waals surface area contributed by atoms with Crippen molar-refractivity contribution in [2.45, 2.75) is 19.9 Å². The Bertz CT molecular complexity index is 349. The third-order valence-electron chi connectivity index (χ3n) is 3.09. The Morgan fingerprint density at radius 2 is 2.27 bits per heavy atom. The molecule has 1 unspecified atom stereocenters. The van der Waals surface area contributed by atoms with Crippen LogP contribution in [0.1, 0.15) is 18.9 Å². The Labute approximate surface area is 91.1 Å². The zero-order valence-corrected chi connectivity index (χ0v) is 9.24. The highest BCUT2D eigenvalue weighted by molar-refractivity contribution is 5.68. The van der Waals surface area contributed by atoms with Crippen LogP contribution in [0.15, 0.2) is 18.2 Å². The minimum atomic E-state index is 0.556. The molecule has 4 N–H and O–H groups in total. The van der Waals surface area contributed by atoms with Crippen molar-refractivity contribution in [2.75, 3.05) is 23.7 Å². The summed E-state index contributed by atoms with van der Waals surface area (Å²) in [6, 6.07) is 6.14. The molecule has 1 heterocycles. The van der Waals surface area contributed by atoms with Crippen molar-refractivity contribution >= 4 is 11.4 Å². The van der Waals surface area contributed by atoms with Gasteiger partial charge in [-0.25, -0.2) is 0 Å². The van der Waals surface area contributed by atoms with E-state index in [-0.39, 0.29) is 0 Å². The number of rotatable bonds is 2. The van der Waals surface area contributed by atoms with Crippen LogP contribution in [-0.4, -0.2) is 13.1 Å². The van der Waals surface area contributed by atoms with E-state index in [1.54, 1.807) is 0 Å². The van der Waals surface area contributed by atoms with Crippen LogP contribution in [0, 0.1) is 5.92 Å². The van der Waals surface area contributed by atoms with Crippen molar-refractivity contribution in [3.63, 3.8) is 0 Å². The number of hydrogen-bond acceptors (Lipinski definition) is 3. The van der Waals surface area contributed by atoms with Gasteiger partial charge in [-0.3, -0.25) is 0 Å². The molecule has 0 amide bonds. The Morgan fingerprint density at radius 1 is 1.47 bits per heavy atom. The van der Waals surface area contributed by atoms with Gasteiger partial charge in [0.1, 0.15) is 0 Å². The minimum absolute atomic E-state index is 0.556. The van der Waals surface area contributed by atoms with Gasteiger partial charge in [0.2, 0.25) is 0 Å². The van der Waals surface area contributed by atoms with Gasteiger partial charge in [-0.2, -0.15) is 0 Å². The summed E-state index contributed by atoms with van der Waals surface area (Å²) in [5.74, 6) is 0.776. The van der Waals surface area contributed by atoms with Gasteiger partial charge in [-0.05, 0) is 30.0 Å². The Hall–Kier alpha value is -1.22. The molecule has 1 fully saturated rings. The Kier molecular flexibility index (Phi) is 2.82. The van der Waals surface area contributed by atoms with Crippen molar-refractivity contribution < 1.29 is 0 Å². The summed E-state index contributed by atoms with van der Waals surface area (Å²) in [7, 11) is 0. The molecule has 15 heavy (non-hydrogen) atoms. The van der Waals surface area contributed by atoms with Crippen molar-refractivity contribution in [3.05, 3.63) is 23.8 Å². The van der Waals surface area contributed by atoms with Gasteiger partial charge in [0.25, 0.3) is 0 Å². The summed E-state index contributed by atoms with van der Waals surface area (Å²) < 4.78 is 0. The summed E-state index contributed by atoms with van der Waals surface area (Å²) in [6.07, 6.45) is 1.26. The fourth-order valence-corrected chi connectivity index (χ4v) is 2.17. The highest BCUT2D eigenvalue weighted by atomic mass is 15.2. The van der Waals surface area contributed by atoms with Crippen LogP contribution in [0.2, 0.25) is 0 Å². The predicted molar refractivity (Wildman–Crippen MR) is 64.7 cm³/mol. The van der Waals surface area contributed by atoms with E-state index < -0.39 is 0 Å². The number of anilines is 2. The summed E-state index contributed by atoms with van der Waals surface area (Å²) in [4.78, 5) is 2.36. The van der Waals surface area contributed by atoms with E-state index >= 15 is 0 Å². The van der Waals surface area contributed by atoms with E-state index in [4.69, 9.17) is 11.5 Å². The molecule has 3 heteroatoms. The second kappa shape index (κ2) is 4.11. The average molecular weight is 205 g/mol. The van der Waals surface area contributed by atoms with Gasteiger partial charge in [-0.15, -0.1) is 0 Å². The quantitative estimate of drug-likeness (QED) is 0.721. The van der Waals surface area contributed by atoms with Crippen molar-refractivity contribution in [3.8, 4) is 0 Å². The average Bonchev–Trinajstić information content (AvgIpc) is 2.64. The fraction of sp³-hybridized carbons (Fsp3) is 0.500. The lowest BCUT2D eigenvalue weighted by Gasteiger charge is -2.20. The van der Waals surface area contributed by atoms with Gasteiger partial charge in [0, 0.05) is 19.6 Å². The molecular weight excluding hydrogens is 186 g/mol. The summed E-state index contributed by atoms with van der Waals surface area (Å²) in [5, 5.41) is 0. The molecule has 1 aromatic rings. The van der Waals surface area contributed by atoms with Crippen LogP contribution in [0.5, 0.6) is 0 Å². The number of nitrogens with zero attached hydrogens (tertiary/aromatic N) is 1. The molecule has 1 aromatic carbocycles. The van der Waals surface area contributed by atoms with E-state index in [1.807, 2.05) is 6.07 Å². The number of benzene rings is 1. The highest BCUT2D eigenvalue weighted by Gasteiger charge is 2.20. The van der Waals surface area contributed by atoms with E-state index in [2.05, 4.69) is 24.0 Å². The van der Waals surface area contributed by atoms with Gasteiger partial charge >= 0.3 is 0 Å². The molecule has 0 aromatic heterocycles. The molecule has 3 nitrogen and oxygen atoms in total. The third kappa shape index (κ3) is 2.07. The second-order valence-corrected chi connectivity index (χ2v) is 4.44. The maximum Gasteiger partial charge on any atom is 0.0600 e. The van der Waals surface area contributed by atoms with E-state index in [1.165, 1.54) is 6.42 Å². The van der Waals surface area contributed by atoms with Crippen LogP contribution in [0.4, 0.5) is 11.4 Å². The first-order valence-electron chi connectivity index (χ1n) is 5.54. The molecule has 0 saturated carbocycles. The normalized spacial score (nSPS) is 20.9. The first-order valence-corrected chi connectivity index (χ1v) is 5.54. The third-order valence-corrected chi connectivity index (χ3v) is 3.09. The van der Waals surface area contributed by atoms with Gasteiger partial charge in [0.15, 0.2) is 0 Å². The first kappa shape index (κ1) is 10.3. The molecule has 2 rings (SSSR count). The zero-order valence-electron chi connectivity index (χ0n) is 9.24. The number of nitrogens with two attached hydrogens (primary N) is 2. The Morgan fingerprint density at radius 3 is 2.80 bits per heavy atom. The lowest BCUT2D eigenvalue weighted by molar-refractivity contribution is 0.659. The Balaban J connectivity index is 2.21. The van der Waals surface area contributed by atoms with E-state index in [9.17, 15) is 0 Å². The predicted octanol–water partition coefficient (Wildman–Crippen LogP) is 1.57. The first-order chi connectivity index (χ1) is 7.20. The molecule has 1 aliphatic rings. The maximum absolute atomic E-state index is 6.02. The molecule has 1 aliphatic heterocycles. The monoisotopic (exact) mass is 205 g/mol. The smallest absolute Gasteiger partial charge is 0.0600 e. The van der Waals surface area contributed by atoms with Gasteiger partial charge in [-0.1, -0.05) is 13.0 Å². The lowest BCUT2D eigenvalue weighted by Crippen LogP contribution is -2.20. The molecule has 82 valence electrons. The summed E-state index contributed by atoms with van der Waals surface area (Å²) in [5.41, 5.74) is 14.7. The van der Waals surface area contributed by atoms with Gasteiger partial charge < -0.3 is 16.4 Å². The van der Waals surface area contributed by atoms with Crippen molar-refractivity contribution in [1.29, 1.82) is 0 Å². The molecule has 0 aliphatic carbocycles. The van der Waals surface area contributed by atoms with Gasteiger partial charge in [0.05, 0.1) is 11.4 Å². The van der Waals surface area contributed by atoms with Crippen LogP contribution in [0.3, 0.4) is 0 Å². The topological polar surface area (TPSA) is 55.3 Å². The molecule has 1 atom stereocenters. The van der Waals surface area contributed by atoms with Crippen molar-refractivity contribution in [2.24, 2.45) is 11.7 Å². The van der Waals surface area contributed by atoms with Crippen LogP contribution in [-0.2, 0) is 6.54 Å². The second-order valence-electron chi connectivity index (χ2n) is 4.44. The molecule has 1 saturated heterocycles. The molecule has 0 bridgehead atoms. The number of nitrogen functional groups attached to an aromatic ring is 1. The minimum Gasteiger partial charge on any atom is -0.397 e. The highest BCUT2D eigenvalue weighted by Crippen LogP contribution is 2.29. The molecule has 0 radical (unpaired) electrons. The zero-order chi connectivity index (χ0) is 10.8. The largest absolute Gasteiger partial charge is 0.397 e. The summed E-state index contributed by atoms with van der Waals surface area (Å²) >= 11 is 0. The van der Waals surface area contributed by atoms with Crippen LogP contribution >= 0.6 is 0 Å². The standard InChI is InChI=1S/C12H19N3/c1-9-4-5-15(8-9)12-3-2-10(7-13)6-11(12)14/h2-3,6,9H,4-5,7-8,13-14H2,1H3. The fourth-order valence-electron chi connectivity index (χ4n) is 2.17. The number of hydrogen-bond donors (Lipinski definition) is 2.